The lowest BCUT2D eigenvalue weighted by molar-refractivity contribution is -0.136. The SMILES string of the molecule is O=C(O)CCc1ccc(C(CNS(=O)(=O)c2ccccc2)=NO)cc1. The van der Waals surface area contributed by atoms with E-state index in [1.54, 1.807) is 42.5 Å². The number of carboxylic acids is 1. The number of hydrogen-bond donors (Lipinski definition) is 3. The van der Waals surface area contributed by atoms with E-state index in [0.717, 1.165) is 5.56 Å². The van der Waals surface area contributed by atoms with Gasteiger partial charge in [0.25, 0.3) is 0 Å². The Morgan fingerprint density at radius 1 is 1.04 bits per heavy atom. The summed E-state index contributed by atoms with van der Waals surface area (Å²) in [5.41, 5.74) is 1.52. The fraction of sp³-hybridized carbons (Fsp3) is 0.176. The van der Waals surface area contributed by atoms with E-state index in [9.17, 15) is 13.2 Å². The monoisotopic (exact) mass is 362 g/mol. The summed E-state index contributed by atoms with van der Waals surface area (Å²) >= 11 is 0. The largest absolute Gasteiger partial charge is 0.481 e. The van der Waals surface area contributed by atoms with Gasteiger partial charge >= 0.3 is 5.97 Å². The van der Waals surface area contributed by atoms with Crippen molar-refractivity contribution in [2.24, 2.45) is 5.16 Å². The van der Waals surface area contributed by atoms with Crippen molar-refractivity contribution in [2.75, 3.05) is 6.54 Å². The van der Waals surface area contributed by atoms with E-state index in [2.05, 4.69) is 9.88 Å². The van der Waals surface area contributed by atoms with Crippen LogP contribution in [0.2, 0.25) is 0 Å². The molecular formula is C17H18N2O5S. The molecule has 2 rings (SSSR count). The lowest BCUT2D eigenvalue weighted by Gasteiger charge is -2.09. The molecule has 0 heterocycles. The van der Waals surface area contributed by atoms with E-state index in [0.29, 0.717) is 12.0 Å². The molecule has 132 valence electrons. The third-order valence-corrected chi connectivity index (χ3v) is 4.94. The predicted molar refractivity (Wildman–Crippen MR) is 92.4 cm³/mol. The molecule has 0 aliphatic rings. The topological polar surface area (TPSA) is 116 Å². The fourth-order valence-electron chi connectivity index (χ4n) is 2.16. The molecule has 0 saturated heterocycles. The first-order chi connectivity index (χ1) is 11.9. The predicted octanol–water partition coefficient (Wildman–Crippen LogP) is 1.86. The highest BCUT2D eigenvalue weighted by molar-refractivity contribution is 7.89. The van der Waals surface area contributed by atoms with Crippen LogP contribution in [0, 0.1) is 0 Å². The van der Waals surface area contributed by atoms with Crippen molar-refractivity contribution < 1.29 is 23.5 Å². The van der Waals surface area contributed by atoms with Crippen LogP contribution in [0.3, 0.4) is 0 Å². The molecule has 0 aliphatic carbocycles. The van der Waals surface area contributed by atoms with Crippen LogP contribution in [0.25, 0.3) is 0 Å². The first-order valence-corrected chi connectivity index (χ1v) is 8.97. The second-order valence-electron chi connectivity index (χ2n) is 5.27. The van der Waals surface area contributed by atoms with Crippen LogP contribution < -0.4 is 4.72 Å². The molecule has 25 heavy (non-hydrogen) atoms. The maximum atomic E-state index is 12.2. The van der Waals surface area contributed by atoms with Crippen LogP contribution in [0.5, 0.6) is 0 Å². The summed E-state index contributed by atoms with van der Waals surface area (Å²) in [7, 11) is -3.71. The van der Waals surface area contributed by atoms with Crippen molar-refractivity contribution in [3.63, 3.8) is 0 Å². The Hall–Kier alpha value is -2.71. The Morgan fingerprint density at radius 3 is 2.24 bits per heavy atom. The van der Waals surface area contributed by atoms with E-state index in [4.69, 9.17) is 10.3 Å². The summed E-state index contributed by atoms with van der Waals surface area (Å²) in [6.07, 6.45) is 0.416. The van der Waals surface area contributed by atoms with Gasteiger partial charge in [-0.25, -0.2) is 13.1 Å². The van der Waals surface area contributed by atoms with E-state index in [-0.39, 0.29) is 23.6 Å². The Balaban J connectivity index is 2.04. The average molecular weight is 362 g/mol. The molecule has 8 heteroatoms. The van der Waals surface area contributed by atoms with Gasteiger partial charge in [0.15, 0.2) is 0 Å². The minimum absolute atomic E-state index is 0.0250. The number of carbonyl (C=O) groups is 1. The van der Waals surface area contributed by atoms with Crippen molar-refractivity contribution in [3.8, 4) is 0 Å². The van der Waals surface area contributed by atoms with Crippen molar-refractivity contribution in [2.45, 2.75) is 17.7 Å². The molecule has 2 aromatic rings. The van der Waals surface area contributed by atoms with E-state index in [1.165, 1.54) is 12.1 Å². The molecule has 0 fully saturated rings. The lowest BCUT2D eigenvalue weighted by atomic mass is 10.0. The van der Waals surface area contributed by atoms with Crippen molar-refractivity contribution in [1.29, 1.82) is 0 Å². The molecule has 0 aromatic heterocycles. The van der Waals surface area contributed by atoms with Crippen molar-refractivity contribution in [3.05, 3.63) is 65.7 Å². The van der Waals surface area contributed by atoms with Gasteiger partial charge in [-0.3, -0.25) is 4.79 Å². The molecule has 0 bridgehead atoms. The Morgan fingerprint density at radius 2 is 1.68 bits per heavy atom. The maximum Gasteiger partial charge on any atom is 0.303 e. The van der Waals surface area contributed by atoms with Crippen molar-refractivity contribution in [1.82, 2.24) is 4.72 Å². The summed E-state index contributed by atoms with van der Waals surface area (Å²) in [5.74, 6) is -0.878. The number of nitrogens with one attached hydrogen (secondary N) is 1. The highest BCUT2D eigenvalue weighted by Gasteiger charge is 2.15. The quantitative estimate of drug-likeness (QED) is 0.376. The molecule has 0 unspecified atom stereocenters. The summed E-state index contributed by atoms with van der Waals surface area (Å²) in [5, 5.41) is 21.0. The zero-order valence-corrected chi connectivity index (χ0v) is 14.1. The van der Waals surface area contributed by atoms with Crippen molar-refractivity contribution >= 4 is 21.7 Å². The van der Waals surface area contributed by atoms with Crippen LogP contribution in [0.4, 0.5) is 0 Å². The molecule has 0 saturated carbocycles. The molecule has 0 radical (unpaired) electrons. The van der Waals surface area contributed by atoms with E-state index < -0.39 is 16.0 Å². The Bertz CT molecular complexity index is 846. The first-order valence-electron chi connectivity index (χ1n) is 7.49. The van der Waals surface area contributed by atoms with E-state index in [1.807, 2.05) is 0 Å². The van der Waals surface area contributed by atoms with Gasteiger partial charge in [-0.15, -0.1) is 0 Å². The second kappa shape index (κ2) is 8.41. The molecular weight excluding hydrogens is 344 g/mol. The van der Waals surface area contributed by atoms with Crippen LogP contribution in [0.1, 0.15) is 17.5 Å². The van der Waals surface area contributed by atoms with E-state index >= 15 is 0 Å². The van der Waals surface area contributed by atoms with Gasteiger partial charge in [0.05, 0.1) is 11.4 Å². The minimum atomic E-state index is -3.71. The van der Waals surface area contributed by atoms with Gasteiger partial charge in [-0.2, -0.15) is 0 Å². The minimum Gasteiger partial charge on any atom is -0.481 e. The zero-order chi connectivity index (χ0) is 18.3. The van der Waals surface area contributed by atoms with Gasteiger partial charge in [0, 0.05) is 12.0 Å². The highest BCUT2D eigenvalue weighted by atomic mass is 32.2. The Kier molecular flexibility index (Phi) is 6.26. The van der Waals surface area contributed by atoms with Gasteiger partial charge in [-0.1, -0.05) is 47.6 Å². The molecule has 0 aliphatic heterocycles. The zero-order valence-electron chi connectivity index (χ0n) is 13.3. The third kappa shape index (κ3) is 5.40. The standard InChI is InChI=1S/C17H18N2O5S/c20-17(21)11-8-13-6-9-14(10-7-13)16(19-22)12-18-25(23,24)15-4-2-1-3-5-15/h1-7,9-10,18,22H,8,11-12H2,(H,20,21). The second-order valence-corrected chi connectivity index (χ2v) is 7.04. The maximum absolute atomic E-state index is 12.2. The summed E-state index contributed by atoms with van der Waals surface area (Å²) in [6.45, 7) is -0.178. The van der Waals surface area contributed by atoms with Gasteiger partial charge < -0.3 is 10.3 Å². The molecule has 0 amide bonds. The van der Waals surface area contributed by atoms with Crippen LogP contribution in [-0.2, 0) is 21.2 Å². The molecule has 0 spiro atoms. The number of aliphatic carboxylic acids is 1. The number of sulfonamides is 1. The normalized spacial score (nSPS) is 12.1. The van der Waals surface area contributed by atoms with Crippen LogP contribution in [0.15, 0.2) is 64.6 Å². The van der Waals surface area contributed by atoms with Gasteiger partial charge in [0.2, 0.25) is 10.0 Å². The number of benzene rings is 2. The molecule has 3 N–H and O–H groups in total. The average Bonchev–Trinajstić information content (AvgIpc) is 2.62. The Labute approximate surface area is 145 Å². The number of oxime groups is 1. The van der Waals surface area contributed by atoms with Gasteiger partial charge in [0.1, 0.15) is 5.71 Å². The molecule has 0 atom stereocenters. The summed E-state index contributed by atoms with van der Waals surface area (Å²) < 4.78 is 26.8. The number of aryl methyl sites for hydroxylation is 1. The van der Waals surface area contributed by atoms with Gasteiger partial charge in [-0.05, 0) is 24.1 Å². The summed E-state index contributed by atoms with van der Waals surface area (Å²) in [4.78, 5) is 10.7. The molecule has 2 aromatic carbocycles. The number of rotatable bonds is 8. The van der Waals surface area contributed by atoms with Crippen LogP contribution >= 0.6 is 0 Å². The van der Waals surface area contributed by atoms with Crippen LogP contribution in [-0.4, -0.2) is 37.0 Å². The smallest absolute Gasteiger partial charge is 0.303 e. The molecule has 7 nitrogen and oxygen atoms in total. The first kappa shape index (κ1) is 18.6. The highest BCUT2D eigenvalue weighted by Crippen LogP contribution is 2.10. The number of hydrogen-bond acceptors (Lipinski definition) is 5. The summed E-state index contributed by atoms with van der Waals surface area (Å²) in [6, 6.07) is 14.6. The lowest BCUT2D eigenvalue weighted by Crippen LogP contribution is -2.30. The fourth-order valence-corrected chi connectivity index (χ4v) is 3.17. The number of nitrogens with zero attached hydrogens (tertiary/aromatic N) is 1. The third-order valence-electron chi connectivity index (χ3n) is 3.52. The number of carboxylic acid groups (broad SMARTS) is 1.